The van der Waals surface area contributed by atoms with Crippen LogP contribution >= 0.6 is 23.6 Å². The van der Waals surface area contributed by atoms with Gasteiger partial charge < -0.3 is 10.1 Å². The van der Waals surface area contributed by atoms with Crippen molar-refractivity contribution in [1.29, 1.82) is 0 Å². The molecule has 6 nitrogen and oxygen atoms in total. The largest absolute Gasteiger partial charge is 0.486 e. The van der Waals surface area contributed by atoms with Gasteiger partial charge in [-0.05, 0) is 43.3 Å². The fourth-order valence-electron chi connectivity index (χ4n) is 2.45. The van der Waals surface area contributed by atoms with E-state index in [2.05, 4.69) is 33.3 Å². The fraction of sp³-hybridized carbons (Fsp3) is 0.190. The Hall–Kier alpha value is -2.97. The van der Waals surface area contributed by atoms with Crippen LogP contribution in [0, 0.1) is 6.92 Å². The zero-order valence-electron chi connectivity index (χ0n) is 16.0. The van der Waals surface area contributed by atoms with Crippen LogP contribution in [0.2, 0.25) is 0 Å². The van der Waals surface area contributed by atoms with E-state index in [9.17, 15) is 4.79 Å². The highest BCUT2D eigenvalue weighted by atomic mass is 32.1. The maximum atomic E-state index is 12.2. The molecule has 1 amide bonds. The summed E-state index contributed by atoms with van der Waals surface area (Å²) < 4.78 is 5.69. The van der Waals surface area contributed by atoms with Gasteiger partial charge in [0, 0.05) is 11.9 Å². The van der Waals surface area contributed by atoms with E-state index >= 15 is 0 Å². The average molecular weight is 427 g/mol. The minimum absolute atomic E-state index is 0.313. The molecule has 0 saturated heterocycles. The molecule has 0 radical (unpaired) electrons. The number of thiazole rings is 1. The van der Waals surface area contributed by atoms with Gasteiger partial charge in [0.05, 0.1) is 0 Å². The lowest BCUT2D eigenvalue weighted by molar-refractivity contribution is 0.0939. The summed E-state index contributed by atoms with van der Waals surface area (Å²) in [6, 6.07) is 17.9. The third-order valence-electron chi connectivity index (χ3n) is 4.00. The number of nitrogens with one attached hydrogen (secondary N) is 3. The number of ether oxygens (including phenoxy) is 1. The maximum absolute atomic E-state index is 12.2. The molecule has 150 valence electrons. The predicted molar refractivity (Wildman–Crippen MR) is 119 cm³/mol. The molecule has 2 aromatic carbocycles. The summed E-state index contributed by atoms with van der Waals surface area (Å²) in [7, 11) is 0. The monoisotopic (exact) mass is 426 g/mol. The number of benzene rings is 2. The number of aromatic nitrogens is 1. The number of hydrogen-bond acceptors (Lipinski definition) is 5. The molecule has 8 heteroatoms. The Labute approximate surface area is 179 Å². The Morgan fingerprint density at radius 2 is 1.86 bits per heavy atom. The molecule has 1 heterocycles. The summed E-state index contributed by atoms with van der Waals surface area (Å²) in [5.41, 5.74) is 7.95. The summed E-state index contributed by atoms with van der Waals surface area (Å²) >= 11 is 6.55. The zero-order chi connectivity index (χ0) is 20.5. The van der Waals surface area contributed by atoms with Crippen molar-refractivity contribution < 1.29 is 9.53 Å². The van der Waals surface area contributed by atoms with Crippen LogP contribution < -0.4 is 20.9 Å². The standard InChI is InChI=1S/C21H22N4O2S2/c1-15-7-9-17(10-8-15)27-13-19-23-18(14-29-19)20(26)24-25-21(28)22-12-11-16-5-3-2-4-6-16/h2-10,14H,11-13H2,1H3,(H,24,26)(H2,22,25,28). The second-order valence-corrected chi connectivity index (χ2v) is 7.65. The molecule has 0 bridgehead atoms. The van der Waals surface area contributed by atoms with Gasteiger partial charge in [-0.2, -0.15) is 0 Å². The van der Waals surface area contributed by atoms with Crippen molar-refractivity contribution in [3.05, 3.63) is 81.8 Å². The lowest BCUT2D eigenvalue weighted by atomic mass is 10.1. The van der Waals surface area contributed by atoms with Crippen molar-refractivity contribution in [2.45, 2.75) is 20.0 Å². The molecule has 0 spiro atoms. The van der Waals surface area contributed by atoms with Crippen molar-refractivity contribution in [2.24, 2.45) is 0 Å². The second-order valence-electron chi connectivity index (χ2n) is 6.30. The Morgan fingerprint density at radius 1 is 1.10 bits per heavy atom. The third-order valence-corrected chi connectivity index (χ3v) is 5.07. The molecule has 0 aliphatic heterocycles. The van der Waals surface area contributed by atoms with Crippen LogP contribution in [0.3, 0.4) is 0 Å². The molecular formula is C21H22N4O2S2. The van der Waals surface area contributed by atoms with Gasteiger partial charge in [-0.15, -0.1) is 11.3 Å². The van der Waals surface area contributed by atoms with E-state index in [0.29, 0.717) is 24.0 Å². The topological polar surface area (TPSA) is 75.3 Å². The molecule has 0 saturated carbocycles. The minimum atomic E-state index is -0.352. The Morgan fingerprint density at radius 3 is 2.62 bits per heavy atom. The molecule has 3 rings (SSSR count). The lowest BCUT2D eigenvalue weighted by Crippen LogP contribution is -2.47. The summed E-state index contributed by atoms with van der Waals surface area (Å²) in [5.74, 6) is 0.417. The van der Waals surface area contributed by atoms with Gasteiger partial charge in [-0.1, -0.05) is 48.0 Å². The fourth-order valence-corrected chi connectivity index (χ4v) is 3.29. The van der Waals surface area contributed by atoms with Crippen molar-refractivity contribution >= 4 is 34.6 Å². The number of amides is 1. The number of aryl methyl sites for hydroxylation is 1. The molecule has 0 fully saturated rings. The van der Waals surface area contributed by atoms with E-state index in [4.69, 9.17) is 17.0 Å². The smallest absolute Gasteiger partial charge is 0.289 e. The molecule has 0 aliphatic rings. The van der Waals surface area contributed by atoms with Crippen molar-refractivity contribution in [3.63, 3.8) is 0 Å². The van der Waals surface area contributed by atoms with E-state index in [1.54, 1.807) is 5.38 Å². The van der Waals surface area contributed by atoms with E-state index < -0.39 is 0 Å². The van der Waals surface area contributed by atoms with Crippen LogP contribution in [-0.4, -0.2) is 22.5 Å². The Balaban J connectivity index is 1.38. The van der Waals surface area contributed by atoms with Gasteiger partial charge in [0.25, 0.3) is 5.91 Å². The highest BCUT2D eigenvalue weighted by Crippen LogP contribution is 2.16. The first-order chi connectivity index (χ1) is 14.1. The second kappa shape index (κ2) is 10.5. The van der Waals surface area contributed by atoms with Gasteiger partial charge in [0.1, 0.15) is 23.1 Å². The molecule has 0 aliphatic carbocycles. The summed E-state index contributed by atoms with van der Waals surface area (Å²) in [6.45, 7) is 3.00. The van der Waals surface area contributed by atoms with Gasteiger partial charge in [-0.3, -0.25) is 15.6 Å². The quantitative estimate of drug-likeness (QED) is 0.397. The molecule has 3 N–H and O–H groups in total. The number of nitrogens with zero attached hydrogens (tertiary/aromatic N) is 1. The number of carbonyl (C=O) groups excluding carboxylic acids is 1. The average Bonchev–Trinajstić information content (AvgIpc) is 3.22. The van der Waals surface area contributed by atoms with Crippen LogP contribution in [-0.2, 0) is 13.0 Å². The normalized spacial score (nSPS) is 10.2. The van der Waals surface area contributed by atoms with Gasteiger partial charge in [0.2, 0.25) is 0 Å². The van der Waals surface area contributed by atoms with E-state index in [-0.39, 0.29) is 5.91 Å². The zero-order valence-corrected chi connectivity index (χ0v) is 17.6. The lowest BCUT2D eigenvalue weighted by Gasteiger charge is -2.10. The predicted octanol–water partition coefficient (Wildman–Crippen LogP) is 3.38. The first-order valence-corrected chi connectivity index (χ1v) is 10.4. The minimum Gasteiger partial charge on any atom is -0.486 e. The van der Waals surface area contributed by atoms with Gasteiger partial charge >= 0.3 is 0 Å². The molecule has 0 unspecified atom stereocenters. The highest BCUT2D eigenvalue weighted by molar-refractivity contribution is 7.80. The number of carbonyl (C=O) groups is 1. The number of thiocarbonyl (C=S) groups is 1. The van der Waals surface area contributed by atoms with Gasteiger partial charge in [-0.25, -0.2) is 4.98 Å². The first kappa shape index (κ1) is 20.8. The van der Waals surface area contributed by atoms with Crippen molar-refractivity contribution in [2.75, 3.05) is 6.54 Å². The van der Waals surface area contributed by atoms with Crippen LogP contribution in [0.15, 0.2) is 60.0 Å². The maximum Gasteiger partial charge on any atom is 0.289 e. The van der Waals surface area contributed by atoms with Crippen molar-refractivity contribution in [1.82, 2.24) is 21.2 Å². The first-order valence-electron chi connectivity index (χ1n) is 9.12. The number of rotatable bonds is 7. The van der Waals surface area contributed by atoms with E-state index in [1.807, 2.05) is 49.4 Å². The van der Waals surface area contributed by atoms with Crippen molar-refractivity contribution in [3.8, 4) is 5.75 Å². The molecule has 3 aromatic rings. The van der Waals surface area contributed by atoms with Crippen LogP contribution in [0.5, 0.6) is 5.75 Å². The van der Waals surface area contributed by atoms with Crippen LogP contribution in [0.4, 0.5) is 0 Å². The van der Waals surface area contributed by atoms with E-state index in [0.717, 1.165) is 17.2 Å². The number of hydrazine groups is 1. The summed E-state index contributed by atoms with van der Waals surface area (Å²) in [6.07, 6.45) is 0.840. The number of hydrogen-bond donors (Lipinski definition) is 3. The Kier molecular flexibility index (Phi) is 7.54. The Bertz CT molecular complexity index is 943. The van der Waals surface area contributed by atoms with Crippen LogP contribution in [0.25, 0.3) is 0 Å². The van der Waals surface area contributed by atoms with Gasteiger partial charge in [0.15, 0.2) is 5.11 Å². The summed E-state index contributed by atoms with van der Waals surface area (Å²) in [5, 5.41) is 5.82. The summed E-state index contributed by atoms with van der Waals surface area (Å²) in [4.78, 5) is 16.5. The van der Waals surface area contributed by atoms with Crippen LogP contribution in [0.1, 0.15) is 26.6 Å². The third kappa shape index (κ3) is 6.85. The van der Waals surface area contributed by atoms with E-state index in [1.165, 1.54) is 22.5 Å². The highest BCUT2D eigenvalue weighted by Gasteiger charge is 2.11. The molecule has 0 atom stereocenters. The SMILES string of the molecule is Cc1ccc(OCc2nc(C(=O)NNC(=S)NCCc3ccccc3)cs2)cc1. The molecule has 29 heavy (non-hydrogen) atoms. The molecule has 1 aromatic heterocycles. The molecular weight excluding hydrogens is 404 g/mol.